The molecule has 1 aliphatic heterocycles. The van der Waals surface area contributed by atoms with Crippen molar-refractivity contribution in [2.45, 2.75) is 25.4 Å². The number of benzene rings is 1. The zero-order valence-corrected chi connectivity index (χ0v) is 10.1. The third kappa shape index (κ3) is 1.94. The lowest BCUT2D eigenvalue weighted by Gasteiger charge is -2.17. The molecule has 17 heavy (non-hydrogen) atoms. The van der Waals surface area contributed by atoms with E-state index in [0.717, 1.165) is 30.8 Å². The first-order valence-electron chi connectivity index (χ1n) is 5.68. The van der Waals surface area contributed by atoms with E-state index in [9.17, 15) is 0 Å². The van der Waals surface area contributed by atoms with Crippen molar-refractivity contribution in [3.8, 4) is 11.4 Å². The fraction of sp³-hybridized carbons (Fsp3) is 0.333. The molecule has 0 bridgehead atoms. The fourth-order valence-electron chi connectivity index (χ4n) is 2.09. The standard InChI is InChI=1S/C12H13ClN4/c13-10-4-2-1-3-9(10)12-15-11-6-5-8(14)7-17(11)16-12/h1-4,8H,5-7,14H2. The summed E-state index contributed by atoms with van der Waals surface area (Å²) in [6, 6.07) is 7.81. The summed E-state index contributed by atoms with van der Waals surface area (Å²) in [5.74, 6) is 1.70. The van der Waals surface area contributed by atoms with Gasteiger partial charge in [-0.05, 0) is 18.6 Å². The molecule has 1 aromatic carbocycles. The molecule has 4 nitrogen and oxygen atoms in total. The second-order valence-electron chi connectivity index (χ2n) is 4.31. The van der Waals surface area contributed by atoms with E-state index in [1.807, 2.05) is 28.9 Å². The van der Waals surface area contributed by atoms with Gasteiger partial charge < -0.3 is 5.73 Å². The number of rotatable bonds is 1. The smallest absolute Gasteiger partial charge is 0.182 e. The third-order valence-corrected chi connectivity index (χ3v) is 3.34. The van der Waals surface area contributed by atoms with Crippen LogP contribution in [-0.4, -0.2) is 20.8 Å². The average molecular weight is 249 g/mol. The molecule has 2 heterocycles. The molecule has 2 N–H and O–H groups in total. The highest BCUT2D eigenvalue weighted by molar-refractivity contribution is 6.33. The van der Waals surface area contributed by atoms with Gasteiger partial charge in [0.25, 0.3) is 0 Å². The Morgan fingerprint density at radius 1 is 1.35 bits per heavy atom. The molecule has 0 saturated carbocycles. The van der Waals surface area contributed by atoms with Crippen LogP contribution < -0.4 is 5.73 Å². The summed E-state index contributed by atoms with van der Waals surface area (Å²) >= 11 is 6.14. The van der Waals surface area contributed by atoms with Gasteiger partial charge >= 0.3 is 0 Å². The molecule has 0 aliphatic carbocycles. The van der Waals surface area contributed by atoms with Crippen LogP contribution >= 0.6 is 11.6 Å². The van der Waals surface area contributed by atoms with Crippen molar-refractivity contribution in [2.24, 2.45) is 5.73 Å². The maximum absolute atomic E-state index is 6.14. The van der Waals surface area contributed by atoms with Crippen LogP contribution in [0, 0.1) is 0 Å². The first-order chi connectivity index (χ1) is 8.24. The lowest BCUT2D eigenvalue weighted by molar-refractivity contribution is 0.422. The topological polar surface area (TPSA) is 56.7 Å². The summed E-state index contributed by atoms with van der Waals surface area (Å²) < 4.78 is 1.90. The van der Waals surface area contributed by atoms with Crippen LogP contribution in [0.5, 0.6) is 0 Å². The molecule has 0 spiro atoms. The van der Waals surface area contributed by atoms with Crippen LogP contribution in [0.15, 0.2) is 24.3 Å². The lowest BCUT2D eigenvalue weighted by atomic mass is 10.1. The zero-order chi connectivity index (χ0) is 11.8. The molecule has 0 amide bonds. The van der Waals surface area contributed by atoms with E-state index < -0.39 is 0 Å². The van der Waals surface area contributed by atoms with Gasteiger partial charge in [-0.15, -0.1) is 0 Å². The number of nitrogens with two attached hydrogens (primary N) is 1. The summed E-state index contributed by atoms with van der Waals surface area (Å²) in [4.78, 5) is 4.53. The molecule has 0 fully saturated rings. The van der Waals surface area contributed by atoms with E-state index >= 15 is 0 Å². The van der Waals surface area contributed by atoms with Gasteiger partial charge in [-0.3, -0.25) is 0 Å². The van der Waals surface area contributed by atoms with Crippen LogP contribution in [0.2, 0.25) is 5.02 Å². The van der Waals surface area contributed by atoms with Crippen LogP contribution in [0.1, 0.15) is 12.2 Å². The van der Waals surface area contributed by atoms with Crippen molar-refractivity contribution in [1.29, 1.82) is 0 Å². The highest BCUT2D eigenvalue weighted by atomic mass is 35.5. The minimum absolute atomic E-state index is 0.184. The Morgan fingerprint density at radius 3 is 3.00 bits per heavy atom. The van der Waals surface area contributed by atoms with E-state index in [-0.39, 0.29) is 6.04 Å². The van der Waals surface area contributed by atoms with Crippen LogP contribution in [0.3, 0.4) is 0 Å². The molecule has 5 heteroatoms. The van der Waals surface area contributed by atoms with Crippen molar-refractivity contribution in [3.05, 3.63) is 35.1 Å². The summed E-state index contributed by atoms with van der Waals surface area (Å²) in [7, 11) is 0. The predicted molar refractivity (Wildman–Crippen MR) is 66.8 cm³/mol. The zero-order valence-electron chi connectivity index (χ0n) is 9.31. The summed E-state index contributed by atoms with van der Waals surface area (Å²) in [5, 5.41) is 5.15. The minimum Gasteiger partial charge on any atom is -0.326 e. The van der Waals surface area contributed by atoms with Crippen molar-refractivity contribution >= 4 is 11.6 Å². The van der Waals surface area contributed by atoms with Crippen molar-refractivity contribution in [3.63, 3.8) is 0 Å². The second-order valence-corrected chi connectivity index (χ2v) is 4.72. The molecule has 3 rings (SSSR count). The normalized spacial score (nSPS) is 19.1. The summed E-state index contributed by atoms with van der Waals surface area (Å²) in [5.41, 5.74) is 6.79. The first kappa shape index (κ1) is 10.7. The Balaban J connectivity index is 2.03. The molecule has 0 radical (unpaired) electrons. The monoisotopic (exact) mass is 248 g/mol. The van der Waals surface area contributed by atoms with E-state index in [1.165, 1.54) is 0 Å². The van der Waals surface area contributed by atoms with Crippen molar-refractivity contribution < 1.29 is 0 Å². The number of halogens is 1. The van der Waals surface area contributed by atoms with E-state index in [1.54, 1.807) is 0 Å². The third-order valence-electron chi connectivity index (χ3n) is 3.01. The maximum Gasteiger partial charge on any atom is 0.182 e. The molecular weight excluding hydrogens is 236 g/mol. The van der Waals surface area contributed by atoms with Gasteiger partial charge in [0.1, 0.15) is 5.82 Å². The fourth-order valence-corrected chi connectivity index (χ4v) is 2.31. The lowest BCUT2D eigenvalue weighted by Crippen LogP contribution is -2.32. The molecule has 1 aromatic heterocycles. The van der Waals surface area contributed by atoms with Gasteiger partial charge in [0, 0.05) is 18.0 Å². The van der Waals surface area contributed by atoms with E-state index in [2.05, 4.69) is 10.1 Å². The summed E-state index contributed by atoms with van der Waals surface area (Å²) in [6.45, 7) is 0.743. The Bertz CT molecular complexity index is 549. The largest absolute Gasteiger partial charge is 0.326 e. The van der Waals surface area contributed by atoms with Crippen LogP contribution in [-0.2, 0) is 13.0 Å². The molecule has 1 aliphatic rings. The van der Waals surface area contributed by atoms with Gasteiger partial charge in [0.05, 0.1) is 11.6 Å². The molecule has 88 valence electrons. The van der Waals surface area contributed by atoms with Gasteiger partial charge in [-0.2, -0.15) is 5.10 Å². The van der Waals surface area contributed by atoms with Crippen molar-refractivity contribution in [2.75, 3.05) is 0 Å². The van der Waals surface area contributed by atoms with Gasteiger partial charge in [-0.25, -0.2) is 9.67 Å². The number of fused-ring (bicyclic) bond motifs is 1. The van der Waals surface area contributed by atoms with E-state index in [0.29, 0.717) is 10.8 Å². The Labute approximate surface area is 104 Å². The Hall–Kier alpha value is -1.39. The van der Waals surface area contributed by atoms with Gasteiger partial charge in [-0.1, -0.05) is 23.7 Å². The van der Waals surface area contributed by atoms with Crippen LogP contribution in [0.4, 0.5) is 0 Å². The van der Waals surface area contributed by atoms with Crippen LogP contribution in [0.25, 0.3) is 11.4 Å². The average Bonchev–Trinajstić information content (AvgIpc) is 2.72. The first-order valence-corrected chi connectivity index (χ1v) is 6.06. The van der Waals surface area contributed by atoms with E-state index in [4.69, 9.17) is 17.3 Å². The Morgan fingerprint density at radius 2 is 2.18 bits per heavy atom. The van der Waals surface area contributed by atoms with Crippen molar-refractivity contribution in [1.82, 2.24) is 14.8 Å². The highest BCUT2D eigenvalue weighted by Gasteiger charge is 2.20. The predicted octanol–water partition coefficient (Wildman–Crippen LogP) is 1.87. The SMILES string of the molecule is NC1CCc2nc(-c3ccccc3Cl)nn2C1. The molecule has 2 aromatic rings. The highest BCUT2D eigenvalue weighted by Crippen LogP contribution is 2.26. The molecular formula is C12H13ClN4. The van der Waals surface area contributed by atoms with Gasteiger partial charge in [0.15, 0.2) is 5.82 Å². The maximum atomic E-state index is 6.14. The molecule has 1 unspecified atom stereocenters. The second kappa shape index (κ2) is 4.13. The number of aromatic nitrogens is 3. The Kier molecular flexibility index (Phi) is 2.61. The molecule has 1 atom stereocenters. The number of hydrogen-bond donors (Lipinski definition) is 1. The number of aryl methyl sites for hydroxylation is 1. The minimum atomic E-state index is 0.184. The summed E-state index contributed by atoms with van der Waals surface area (Å²) in [6.07, 6.45) is 1.86. The number of hydrogen-bond acceptors (Lipinski definition) is 3. The quantitative estimate of drug-likeness (QED) is 0.838. The van der Waals surface area contributed by atoms with Gasteiger partial charge in [0.2, 0.25) is 0 Å². The number of nitrogens with zero attached hydrogens (tertiary/aromatic N) is 3. The molecule has 0 saturated heterocycles.